The highest BCUT2D eigenvalue weighted by Gasteiger charge is 2.64. The lowest BCUT2D eigenvalue weighted by Gasteiger charge is -2.59. The number of β-lactam (4-membered cyclic amide) rings is 1. The molecule has 2 heterocycles. The molecule has 1 aliphatic carbocycles. The molecule has 3 fully saturated rings. The van der Waals surface area contributed by atoms with Crippen LogP contribution in [0.5, 0.6) is 11.5 Å². The van der Waals surface area contributed by atoms with Gasteiger partial charge in [0.05, 0.1) is 17.1 Å². The zero-order chi connectivity index (χ0) is 34.5. The van der Waals surface area contributed by atoms with Crippen LogP contribution in [-0.2, 0) is 19.9 Å². The molecule has 2 aliphatic heterocycles. The lowest BCUT2D eigenvalue weighted by atomic mass is 9.56. The predicted octanol–water partition coefficient (Wildman–Crippen LogP) is 3.87. The van der Waals surface area contributed by atoms with Crippen molar-refractivity contribution in [2.45, 2.75) is 68.0 Å². The number of phenolic OH excluding ortho intramolecular Hbond substituents is 1. The summed E-state index contributed by atoms with van der Waals surface area (Å²) in [7, 11) is 0. The van der Waals surface area contributed by atoms with Crippen molar-refractivity contribution in [1.82, 2.24) is 0 Å². The van der Waals surface area contributed by atoms with E-state index < -0.39 is 53.7 Å². The number of nitrogens with zero attached hydrogens (tertiary/aromatic N) is 1. The van der Waals surface area contributed by atoms with Gasteiger partial charge in [-0.1, -0.05) is 72.8 Å². The minimum absolute atomic E-state index is 0.0158. The molecule has 7 rings (SSSR count). The Bertz CT molecular complexity index is 1840. The van der Waals surface area contributed by atoms with Crippen molar-refractivity contribution in [3.05, 3.63) is 114 Å². The normalized spacial score (nSPS) is 31.3. The molecule has 2 saturated heterocycles. The SMILES string of the molecule is O=C(O)C1O[C@@H](Oc2cccc(-c3ccc([C@H]4N(c5ccccc5)C(=O)C45CCC(O)(c4ccccc4)CC5)c(O)c3)c2)C(O)[C@@H](O)[C@@H]1O. The highest BCUT2D eigenvalue weighted by atomic mass is 16.7. The van der Waals surface area contributed by atoms with E-state index in [0.717, 1.165) is 11.3 Å². The maximum Gasteiger partial charge on any atom is 0.335 e. The number of carbonyl (C=O) groups is 2. The van der Waals surface area contributed by atoms with Crippen LogP contribution < -0.4 is 9.64 Å². The van der Waals surface area contributed by atoms with Gasteiger partial charge < -0.3 is 45.0 Å². The Kier molecular flexibility index (Phi) is 8.42. The van der Waals surface area contributed by atoms with Crippen molar-refractivity contribution in [1.29, 1.82) is 0 Å². The second kappa shape index (κ2) is 12.6. The van der Waals surface area contributed by atoms with Gasteiger partial charge >= 0.3 is 5.97 Å². The minimum atomic E-state index is -1.84. The number of carboxylic acid groups (broad SMARTS) is 1. The number of benzene rings is 4. The Labute approximate surface area is 282 Å². The van der Waals surface area contributed by atoms with Gasteiger partial charge in [-0.2, -0.15) is 0 Å². The number of anilines is 1. The largest absolute Gasteiger partial charge is 0.508 e. The summed E-state index contributed by atoms with van der Waals surface area (Å²) in [5, 5.41) is 63.0. The molecule has 0 aromatic heterocycles. The average molecular weight is 668 g/mol. The molecule has 1 spiro atoms. The van der Waals surface area contributed by atoms with Crippen molar-refractivity contribution < 1.29 is 49.7 Å². The number of carbonyl (C=O) groups excluding carboxylic acids is 1. The predicted molar refractivity (Wildman–Crippen MR) is 176 cm³/mol. The summed E-state index contributed by atoms with van der Waals surface area (Å²) in [5.41, 5.74) is 1.50. The summed E-state index contributed by atoms with van der Waals surface area (Å²) in [6.45, 7) is 0. The number of rotatable bonds is 7. The highest BCUT2D eigenvalue weighted by molar-refractivity contribution is 6.06. The Balaban J connectivity index is 1.16. The first kappa shape index (κ1) is 32.8. The molecular formula is C38H37NO10. The quantitative estimate of drug-likeness (QED) is 0.159. The van der Waals surface area contributed by atoms with Gasteiger partial charge in [0, 0.05) is 11.3 Å². The number of aliphatic carboxylic acids is 1. The third-order valence-electron chi connectivity index (χ3n) is 10.3. The number of carboxylic acids is 1. The first-order valence-corrected chi connectivity index (χ1v) is 16.2. The first-order valence-electron chi connectivity index (χ1n) is 16.2. The second-order valence-electron chi connectivity index (χ2n) is 13.1. The average Bonchev–Trinajstić information content (AvgIpc) is 3.12. The molecule has 11 nitrogen and oxygen atoms in total. The van der Waals surface area contributed by atoms with E-state index >= 15 is 0 Å². The Hall–Kier alpha value is -4.78. The summed E-state index contributed by atoms with van der Waals surface area (Å²) >= 11 is 0. The molecular weight excluding hydrogens is 630 g/mol. The van der Waals surface area contributed by atoms with Crippen LogP contribution in [0.1, 0.15) is 42.9 Å². The molecule has 11 heteroatoms. The number of aromatic hydroxyl groups is 1. The van der Waals surface area contributed by atoms with Crippen molar-refractivity contribution >= 4 is 17.6 Å². The standard InChI is InChI=1S/C38H37NO10/c40-28-21-23(22-8-7-13-26(20-22)48-35-31(43)29(41)30(42)32(49-35)34(44)45)14-15-27(28)33-37(36(46)39(33)25-11-5-2-6-12-25)16-18-38(47,19-17-37)24-9-3-1-4-10-24/h1-15,20-21,29-33,35,40-43,47H,16-19H2,(H,44,45)/t29-,30-,31?,32?,33+,35+,37?,38?/m0/s1. The summed E-state index contributed by atoms with van der Waals surface area (Å²) in [4.78, 5) is 27.3. The zero-order valence-electron chi connectivity index (χ0n) is 26.4. The fraction of sp³-hybridized carbons (Fsp3) is 0.316. The Morgan fingerprint density at radius 2 is 1.43 bits per heavy atom. The Morgan fingerprint density at radius 3 is 2.08 bits per heavy atom. The van der Waals surface area contributed by atoms with Crippen LogP contribution in [0.25, 0.3) is 11.1 Å². The van der Waals surface area contributed by atoms with E-state index in [1.807, 2.05) is 66.7 Å². The maximum atomic E-state index is 14.0. The molecule has 49 heavy (non-hydrogen) atoms. The molecule has 4 aromatic carbocycles. The van der Waals surface area contributed by atoms with E-state index in [2.05, 4.69) is 0 Å². The molecule has 254 valence electrons. The van der Waals surface area contributed by atoms with E-state index in [-0.39, 0.29) is 17.4 Å². The van der Waals surface area contributed by atoms with Crippen LogP contribution >= 0.6 is 0 Å². The van der Waals surface area contributed by atoms with E-state index in [4.69, 9.17) is 9.47 Å². The number of para-hydroxylation sites is 1. The van der Waals surface area contributed by atoms with Crippen molar-refractivity contribution in [2.24, 2.45) is 5.41 Å². The lowest BCUT2D eigenvalue weighted by Crippen LogP contribution is -2.65. The maximum absolute atomic E-state index is 14.0. The van der Waals surface area contributed by atoms with Gasteiger partial charge in [0.15, 0.2) is 6.10 Å². The monoisotopic (exact) mass is 667 g/mol. The number of hydrogen-bond donors (Lipinski definition) is 6. The summed E-state index contributed by atoms with van der Waals surface area (Å²) in [6.07, 6.45) is -7.06. The van der Waals surface area contributed by atoms with E-state index in [1.54, 1.807) is 41.3 Å². The molecule has 2 unspecified atom stereocenters. The smallest absolute Gasteiger partial charge is 0.335 e. The van der Waals surface area contributed by atoms with E-state index in [1.165, 1.54) is 0 Å². The van der Waals surface area contributed by atoms with Crippen LogP contribution in [0.4, 0.5) is 5.69 Å². The number of phenols is 1. The van der Waals surface area contributed by atoms with Gasteiger partial charge in [0.1, 0.15) is 29.8 Å². The van der Waals surface area contributed by atoms with Crippen molar-refractivity contribution in [2.75, 3.05) is 4.90 Å². The molecule has 6 atom stereocenters. The molecule has 0 radical (unpaired) electrons. The fourth-order valence-electron chi connectivity index (χ4n) is 7.57. The van der Waals surface area contributed by atoms with Gasteiger partial charge in [0.25, 0.3) is 0 Å². The number of amides is 1. The third kappa shape index (κ3) is 5.63. The third-order valence-corrected chi connectivity index (χ3v) is 10.3. The number of aliphatic hydroxyl groups is 4. The molecule has 1 amide bonds. The van der Waals surface area contributed by atoms with Gasteiger partial charge in [-0.05, 0) is 72.7 Å². The van der Waals surface area contributed by atoms with Crippen LogP contribution in [0, 0.1) is 5.41 Å². The molecule has 6 N–H and O–H groups in total. The number of hydrogen-bond acceptors (Lipinski definition) is 9. The van der Waals surface area contributed by atoms with Gasteiger partial charge in [-0.15, -0.1) is 0 Å². The molecule has 1 saturated carbocycles. The topological polar surface area (TPSA) is 177 Å². The summed E-state index contributed by atoms with van der Waals surface area (Å²) < 4.78 is 11.0. The van der Waals surface area contributed by atoms with Gasteiger partial charge in [0.2, 0.25) is 12.2 Å². The van der Waals surface area contributed by atoms with Crippen molar-refractivity contribution in [3.8, 4) is 22.6 Å². The van der Waals surface area contributed by atoms with Gasteiger partial charge in [-0.25, -0.2) is 4.79 Å². The first-order chi connectivity index (χ1) is 23.5. The van der Waals surface area contributed by atoms with Crippen LogP contribution in [0.3, 0.4) is 0 Å². The summed E-state index contributed by atoms with van der Waals surface area (Å²) in [5.74, 6) is -1.39. The fourth-order valence-corrected chi connectivity index (χ4v) is 7.57. The number of aliphatic hydroxyl groups excluding tert-OH is 3. The zero-order valence-corrected chi connectivity index (χ0v) is 26.4. The summed E-state index contributed by atoms with van der Waals surface area (Å²) in [6, 6.07) is 30.2. The highest BCUT2D eigenvalue weighted by Crippen LogP contribution is 2.62. The lowest BCUT2D eigenvalue weighted by molar-refractivity contribution is -0.271. The number of ether oxygens (including phenoxy) is 2. The van der Waals surface area contributed by atoms with E-state index in [0.29, 0.717) is 42.4 Å². The van der Waals surface area contributed by atoms with Crippen LogP contribution in [-0.4, -0.2) is 73.2 Å². The minimum Gasteiger partial charge on any atom is -0.508 e. The second-order valence-corrected chi connectivity index (χ2v) is 13.1. The van der Waals surface area contributed by atoms with Crippen LogP contribution in [0.2, 0.25) is 0 Å². The molecule has 0 bridgehead atoms. The van der Waals surface area contributed by atoms with Gasteiger partial charge in [-0.3, -0.25) is 4.79 Å². The Morgan fingerprint density at radius 1 is 0.776 bits per heavy atom. The van der Waals surface area contributed by atoms with Crippen LogP contribution in [0.15, 0.2) is 103 Å². The molecule has 4 aromatic rings. The van der Waals surface area contributed by atoms with Crippen molar-refractivity contribution in [3.63, 3.8) is 0 Å². The van der Waals surface area contributed by atoms with E-state index in [9.17, 15) is 40.2 Å². The molecule has 3 aliphatic rings.